The summed E-state index contributed by atoms with van der Waals surface area (Å²) in [6, 6.07) is 20.6. The van der Waals surface area contributed by atoms with Crippen molar-refractivity contribution >= 4 is 50.7 Å². The molecule has 3 aromatic rings. The van der Waals surface area contributed by atoms with Gasteiger partial charge >= 0.3 is 0 Å². The molecular formula is C29H33Cl2N3O4S. The number of rotatable bonds is 12. The minimum Gasteiger partial charge on any atom is -0.354 e. The summed E-state index contributed by atoms with van der Waals surface area (Å²) in [6.07, 6.45) is 2.01. The molecule has 3 aromatic carbocycles. The van der Waals surface area contributed by atoms with Crippen molar-refractivity contribution in [3.63, 3.8) is 0 Å². The fourth-order valence-electron chi connectivity index (χ4n) is 4.06. The van der Waals surface area contributed by atoms with Crippen LogP contribution in [0.1, 0.15) is 30.0 Å². The first-order valence-electron chi connectivity index (χ1n) is 12.6. The third-order valence-corrected chi connectivity index (χ3v) is 8.04. The Kier molecular flexibility index (Phi) is 10.8. The molecule has 10 heteroatoms. The topological polar surface area (TPSA) is 86.8 Å². The highest BCUT2D eigenvalue weighted by Crippen LogP contribution is 2.29. The maximum atomic E-state index is 14.0. The number of carbonyl (C=O) groups excluding carboxylic acids is 2. The first-order valence-corrected chi connectivity index (χ1v) is 15.2. The van der Waals surface area contributed by atoms with E-state index < -0.39 is 28.5 Å². The average Bonchev–Trinajstić information content (AvgIpc) is 2.90. The van der Waals surface area contributed by atoms with Gasteiger partial charge in [0.2, 0.25) is 21.8 Å². The van der Waals surface area contributed by atoms with Crippen LogP contribution >= 0.6 is 23.2 Å². The van der Waals surface area contributed by atoms with Gasteiger partial charge in [-0.05, 0) is 42.7 Å². The zero-order valence-electron chi connectivity index (χ0n) is 22.2. The van der Waals surface area contributed by atoms with E-state index in [1.54, 1.807) is 0 Å². The quantitative estimate of drug-likeness (QED) is 0.313. The molecule has 0 aliphatic rings. The van der Waals surface area contributed by atoms with Gasteiger partial charge in [0.25, 0.3) is 0 Å². The predicted octanol–water partition coefficient (Wildman–Crippen LogP) is 5.23. The van der Waals surface area contributed by atoms with Crippen LogP contribution in [0.4, 0.5) is 5.69 Å². The lowest BCUT2D eigenvalue weighted by Gasteiger charge is -2.33. The number of hydrogen-bond donors (Lipinski definition) is 1. The largest absolute Gasteiger partial charge is 0.354 e. The standard InChI is InChI=1S/C29H33Cl2N3O4S/c1-4-16-32-29(36)27(17-22-8-6-5-7-9-22)33(19-23-12-10-21(2)11-13-23)28(35)20-34(39(3,37)38)24-14-15-25(30)26(31)18-24/h5-15,18,27H,4,16-17,19-20H2,1-3H3,(H,32,36)/t27-/m1/s1. The lowest BCUT2D eigenvalue weighted by Crippen LogP contribution is -2.53. The Hall–Kier alpha value is -3.07. The number of benzene rings is 3. The van der Waals surface area contributed by atoms with Gasteiger partial charge in [-0.25, -0.2) is 8.42 Å². The van der Waals surface area contributed by atoms with Gasteiger partial charge in [-0.15, -0.1) is 0 Å². The molecule has 2 amide bonds. The monoisotopic (exact) mass is 589 g/mol. The van der Waals surface area contributed by atoms with Crippen LogP contribution in [0.2, 0.25) is 10.0 Å². The Morgan fingerprint density at radius 3 is 2.18 bits per heavy atom. The summed E-state index contributed by atoms with van der Waals surface area (Å²) in [6.45, 7) is 3.97. The predicted molar refractivity (Wildman–Crippen MR) is 158 cm³/mol. The van der Waals surface area contributed by atoms with Gasteiger partial charge in [-0.2, -0.15) is 0 Å². The number of carbonyl (C=O) groups is 2. The van der Waals surface area contributed by atoms with E-state index >= 15 is 0 Å². The normalized spacial score (nSPS) is 12.0. The second-order valence-electron chi connectivity index (χ2n) is 9.37. The molecule has 0 aliphatic heterocycles. The first-order chi connectivity index (χ1) is 18.5. The number of hydrogen-bond acceptors (Lipinski definition) is 4. The molecule has 0 bridgehead atoms. The van der Waals surface area contributed by atoms with Crippen molar-refractivity contribution in [2.45, 2.75) is 39.3 Å². The Morgan fingerprint density at radius 1 is 0.923 bits per heavy atom. The molecule has 1 N–H and O–H groups in total. The van der Waals surface area contributed by atoms with Crippen LogP contribution in [0.3, 0.4) is 0 Å². The molecule has 1 atom stereocenters. The summed E-state index contributed by atoms with van der Waals surface area (Å²) in [7, 11) is -3.89. The SMILES string of the molecule is CCCNC(=O)[C@@H](Cc1ccccc1)N(Cc1ccc(C)cc1)C(=O)CN(c1ccc(Cl)c(Cl)c1)S(C)(=O)=O. The maximum Gasteiger partial charge on any atom is 0.244 e. The third kappa shape index (κ3) is 8.71. The minimum absolute atomic E-state index is 0.120. The Balaban J connectivity index is 2.04. The molecule has 0 fully saturated rings. The Bertz CT molecular complexity index is 1380. The minimum atomic E-state index is -3.89. The second-order valence-corrected chi connectivity index (χ2v) is 12.1. The molecule has 0 unspecified atom stereocenters. The van der Waals surface area contributed by atoms with Gasteiger partial charge < -0.3 is 10.2 Å². The highest BCUT2D eigenvalue weighted by atomic mass is 35.5. The Labute approximate surface area is 240 Å². The van der Waals surface area contributed by atoms with Crippen molar-refractivity contribution in [1.82, 2.24) is 10.2 Å². The number of anilines is 1. The van der Waals surface area contributed by atoms with E-state index in [2.05, 4.69) is 5.32 Å². The van der Waals surface area contributed by atoms with Crippen LogP contribution in [0.15, 0.2) is 72.8 Å². The molecule has 0 radical (unpaired) electrons. The van der Waals surface area contributed by atoms with Crippen molar-refractivity contribution in [2.24, 2.45) is 0 Å². The highest BCUT2D eigenvalue weighted by Gasteiger charge is 2.33. The number of nitrogens with zero attached hydrogens (tertiary/aromatic N) is 2. The molecule has 3 rings (SSSR count). The van der Waals surface area contributed by atoms with E-state index in [-0.39, 0.29) is 34.6 Å². The maximum absolute atomic E-state index is 14.0. The van der Waals surface area contributed by atoms with Crippen LogP contribution in [-0.4, -0.2) is 50.5 Å². The summed E-state index contributed by atoms with van der Waals surface area (Å²) in [4.78, 5) is 28.9. The van der Waals surface area contributed by atoms with Crippen LogP contribution in [0.25, 0.3) is 0 Å². The highest BCUT2D eigenvalue weighted by molar-refractivity contribution is 7.92. The van der Waals surface area contributed by atoms with E-state index in [1.165, 1.54) is 23.1 Å². The number of nitrogens with one attached hydrogen (secondary N) is 1. The molecule has 208 valence electrons. The summed E-state index contributed by atoms with van der Waals surface area (Å²) in [5.41, 5.74) is 2.95. The third-order valence-electron chi connectivity index (χ3n) is 6.16. The summed E-state index contributed by atoms with van der Waals surface area (Å²) in [5, 5.41) is 3.34. The van der Waals surface area contributed by atoms with Crippen molar-refractivity contribution in [3.05, 3.63) is 99.5 Å². The number of aryl methyl sites for hydroxylation is 1. The molecular weight excluding hydrogens is 557 g/mol. The van der Waals surface area contributed by atoms with Crippen LogP contribution in [-0.2, 0) is 32.6 Å². The molecule has 0 aliphatic carbocycles. The number of amides is 2. The lowest BCUT2D eigenvalue weighted by atomic mass is 10.0. The van der Waals surface area contributed by atoms with Crippen LogP contribution in [0, 0.1) is 6.92 Å². The molecule has 7 nitrogen and oxygen atoms in total. The fraction of sp³-hybridized carbons (Fsp3) is 0.310. The smallest absolute Gasteiger partial charge is 0.244 e. The number of halogens is 2. The average molecular weight is 591 g/mol. The zero-order chi connectivity index (χ0) is 28.6. The molecule has 0 saturated carbocycles. The molecule has 0 aromatic heterocycles. The van der Waals surface area contributed by atoms with E-state index in [0.717, 1.165) is 33.7 Å². The van der Waals surface area contributed by atoms with Crippen molar-refractivity contribution in [3.8, 4) is 0 Å². The van der Waals surface area contributed by atoms with Gasteiger partial charge in [0.05, 0.1) is 22.0 Å². The Morgan fingerprint density at radius 2 is 1.59 bits per heavy atom. The van der Waals surface area contributed by atoms with E-state index in [0.29, 0.717) is 6.54 Å². The molecule has 0 heterocycles. The van der Waals surface area contributed by atoms with Crippen LogP contribution in [0.5, 0.6) is 0 Å². The van der Waals surface area contributed by atoms with Crippen molar-refractivity contribution in [1.29, 1.82) is 0 Å². The van der Waals surface area contributed by atoms with Gasteiger partial charge in [-0.3, -0.25) is 13.9 Å². The van der Waals surface area contributed by atoms with Crippen molar-refractivity contribution in [2.75, 3.05) is 23.7 Å². The first kappa shape index (κ1) is 30.5. The molecule has 0 saturated heterocycles. The van der Waals surface area contributed by atoms with Gasteiger partial charge in [-0.1, -0.05) is 90.3 Å². The van der Waals surface area contributed by atoms with Gasteiger partial charge in [0.1, 0.15) is 12.6 Å². The van der Waals surface area contributed by atoms with Crippen molar-refractivity contribution < 1.29 is 18.0 Å². The van der Waals surface area contributed by atoms with E-state index in [4.69, 9.17) is 23.2 Å². The lowest BCUT2D eigenvalue weighted by molar-refractivity contribution is -0.140. The summed E-state index contributed by atoms with van der Waals surface area (Å²) in [5.74, 6) is -0.832. The van der Waals surface area contributed by atoms with Crippen LogP contribution < -0.4 is 9.62 Å². The molecule has 39 heavy (non-hydrogen) atoms. The molecule has 0 spiro atoms. The van der Waals surface area contributed by atoms with Gasteiger partial charge in [0, 0.05) is 19.5 Å². The second kappa shape index (κ2) is 13.8. The summed E-state index contributed by atoms with van der Waals surface area (Å²) >= 11 is 12.2. The van der Waals surface area contributed by atoms with E-state index in [9.17, 15) is 18.0 Å². The zero-order valence-corrected chi connectivity index (χ0v) is 24.6. The van der Waals surface area contributed by atoms with Gasteiger partial charge in [0.15, 0.2) is 0 Å². The van der Waals surface area contributed by atoms with E-state index in [1.807, 2.05) is 68.4 Å². The fourth-order valence-corrected chi connectivity index (χ4v) is 5.20. The number of sulfonamides is 1. The summed E-state index contributed by atoms with van der Waals surface area (Å²) < 4.78 is 26.6.